The largest absolute Gasteiger partial charge is 0.491 e. The number of carbonyl (C=O) groups is 1. The second-order valence-corrected chi connectivity index (χ2v) is 4.50. The molecule has 0 aliphatic rings. The molecule has 0 amide bonds. The zero-order valence-electron chi connectivity index (χ0n) is 11.5. The molecular weight excluding hydrogens is 249 g/mol. The van der Waals surface area contributed by atoms with Crippen LogP contribution in [0.3, 0.4) is 0 Å². The first-order valence-corrected chi connectivity index (χ1v) is 6.32. The molecule has 106 valence electrons. The van der Waals surface area contributed by atoms with Crippen molar-refractivity contribution in [2.45, 2.75) is 20.3 Å². The van der Waals surface area contributed by atoms with E-state index in [1.165, 1.54) is 6.07 Å². The molecule has 4 nitrogen and oxygen atoms in total. The lowest BCUT2D eigenvalue weighted by atomic mass is 10.1. The van der Waals surface area contributed by atoms with Crippen LogP contribution in [0.15, 0.2) is 18.2 Å². The van der Waals surface area contributed by atoms with Gasteiger partial charge < -0.3 is 14.7 Å². The van der Waals surface area contributed by atoms with Crippen molar-refractivity contribution in [3.63, 3.8) is 0 Å². The third-order valence-electron chi connectivity index (χ3n) is 2.98. The van der Waals surface area contributed by atoms with Crippen LogP contribution in [-0.4, -0.2) is 31.3 Å². The number of aliphatic carboxylic acids is 1. The lowest BCUT2D eigenvalue weighted by Gasteiger charge is -2.21. The predicted octanol–water partition coefficient (Wildman–Crippen LogP) is 2.77. The molecule has 1 aromatic rings. The Labute approximate surface area is 112 Å². The predicted molar refractivity (Wildman–Crippen MR) is 72.3 cm³/mol. The minimum Gasteiger partial charge on any atom is -0.491 e. The minimum atomic E-state index is -0.814. The highest BCUT2D eigenvalue weighted by Crippen LogP contribution is 2.23. The van der Waals surface area contributed by atoms with Crippen molar-refractivity contribution in [2.75, 3.05) is 25.1 Å². The molecule has 0 saturated heterocycles. The van der Waals surface area contributed by atoms with E-state index in [1.807, 2.05) is 11.9 Å². The van der Waals surface area contributed by atoms with Crippen LogP contribution in [0.25, 0.3) is 0 Å². The lowest BCUT2D eigenvalue weighted by molar-refractivity contribution is -0.141. The second kappa shape index (κ2) is 6.97. The third kappa shape index (κ3) is 4.43. The average molecular weight is 269 g/mol. The van der Waals surface area contributed by atoms with Crippen molar-refractivity contribution in [3.8, 4) is 5.75 Å². The number of halogens is 1. The molecule has 0 saturated carbocycles. The lowest BCUT2D eigenvalue weighted by Crippen LogP contribution is -2.23. The molecule has 0 heterocycles. The Balaban J connectivity index is 2.64. The maximum atomic E-state index is 13.7. The van der Waals surface area contributed by atoms with Crippen LogP contribution in [0.1, 0.15) is 20.3 Å². The first-order valence-electron chi connectivity index (χ1n) is 6.32. The average Bonchev–Trinajstić information content (AvgIpc) is 2.37. The number of ether oxygens (including phenoxy) is 1. The van der Waals surface area contributed by atoms with Crippen molar-refractivity contribution >= 4 is 11.7 Å². The summed E-state index contributed by atoms with van der Waals surface area (Å²) in [7, 11) is 1.81. The SMILES string of the molecule is CCOc1ccc(N(C)CCC(C)C(=O)O)cc1F. The van der Waals surface area contributed by atoms with Gasteiger partial charge in [-0.25, -0.2) is 4.39 Å². The fraction of sp³-hybridized carbons (Fsp3) is 0.500. The molecule has 1 N–H and O–H groups in total. The van der Waals surface area contributed by atoms with E-state index in [-0.39, 0.29) is 5.75 Å². The van der Waals surface area contributed by atoms with E-state index >= 15 is 0 Å². The summed E-state index contributed by atoms with van der Waals surface area (Å²) >= 11 is 0. The number of rotatable bonds is 7. The number of nitrogens with zero attached hydrogens (tertiary/aromatic N) is 1. The van der Waals surface area contributed by atoms with Crippen molar-refractivity contribution in [1.29, 1.82) is 0 Å². The quantitative estimate of drug-likeness (QED) is 0.827. The van der Waals surface area contributed by atoms with Gasteiger partial charge in [0, 0.05) is 25.3 Å². The Morgan fingerprint density at radius 2 is 2.21 bits per heavy atom. The van der Waals surface area contributed by atoms with E-state index in [2.05, 4.69) is 0 Å². The number of hydrogen-bond donors (Lipinski definition) is 1. The summed E-state index contributed by atoms with van der Waals surface area (Å²) in [5, 5.41) is 8.81. The van der Waals surface area contributed by atoms with Crippen molar-refractivity contribution in [3.05, 3.63) is 24.0 Å². The van der Waals surface area contributed by atoms with Gasteiger partial charge in [0.15, 0.2) is 11.6 Å². The van der Waals surface area contributed by atoms with Crippen LogP contribution in [0.5, 0.6) is 5.75 Å². The molecule has 5 heteroatoms. The van der Waals surface area contributed by atoms with Crippen molar-refractivity contribution in [1.82, 2.24) is 0 Å². The van der Waals surface area contributed by atoms with Crippen LogP contribution in [0.2, 0.25) is 0 Å². The van der Waals surface area contributed by atoms with Crippen LogP contribution in [-0.2, 0) is 4.79 Å². The molecule has 0 radical (unpaired) electrons. The van der Waals surface area contributed by atoms with E-state index < -0.39 is 17.7 Å². The molecule has 1 rings (SSSR count). The minimum absolute atomic E-state index is 0.235. The van der Waals surface area contributed by atoms with Crippen LogP contribution < -0.4 is 9.64 Å². The summed E-state index contributed by atoms with van der Waals surface area (Å²) in [4.78, 5) is 12.6. The summed E-state index contributed by atoms with van der Waals surface area (Å²) in [6.07, 6.45) is 0.515. The first-order chi connectivity index (χ1) is 8.95. The zero-order valence-corrected chi connectivity index (χ0v) is 11.5. The normalized spacial score (nSPS) is 12.0. The van der Waals surface area contributed by atoms with Gasteiger partial charge in [0.2, 0.25) is 0 Å². The number of benzene rings is 1. The van der Waals surface area contributed by atoms with Gasteiger partial charge in [-0.15, -0.1) is 0 Å². The highest BCUT2D eigenvalue weighted by molar-refractivity contribution is 5.69. The summed E-state index contributed by atoms with van der Waals surface area (Å²) < 4.78 is 18.8. The molecule has 0 bridgehead atoms. The van der Waals surface area contributed by atoms with Crippen LogP contribution >= 0.6 is 0 Å². The van der Waals surface area contributed by atoms with E-state index in [9.17, 15) is 9.18 Å². The zero-order chi connectivity index (χ0) is 14.4. The first kappa shape index (κ1) is 15.3. The van der Waals surface area contributed by atoms with Crippen molar-refractivity contribution < 1.29 is 19.0 Å². The standard InChI is InChI=1S/C14H20FNO3/c1-4-19-13-6-5-11(9-12(13)15)16(3)8-7-10(2)14(17)18/h5-6,9-10H,4,7-8H2,1-3H3,(H,17,18). The Bertz CT molecular complexity index is 437. The highest BCUT2D eigenvalue weighted by atomic mass is 19.1. The topological polar surface area (TPSA) is 49.8 Å². The number of carboxylic acid groups (broad SMARTS) is 1. The Hall–Kier alpha value is -1.78. The fourth-order valence-electron chi connectivity index (χ4n) is 1.64. The molecule has 0 spiro atoms. The van der Waals surface area contributed by atoms with Gasteiger partial charge in [-0.05, 0) is 25.5 Å². The molecule has 1 unspecified atom stereocenters. The second-order valence-electron chi connectivity index (χ2n) is 4.50. The van der Waals surface area contributed by atoms with Crippen molar-refractivity contribution in [2.24, 2.45) is 5.92 Å². The Kier molecular flexibility index (Phi) is 5.60. The van der Waals surface area contributed by atoms with Gasteiger partial charge in [-0.2, -0.15) is 0 Å². The van der Waals surface area contributed by atoms with Gasteiger partial charge in [0.25, 0.3) is 0 Å². The summed E-state index contributed by atoms with van der Waals surface area (Å²) in [5.41, 5.74) is 0.707. The highest BCUT2D eigenvalue weighted by Gasteiger charge is 2.13. The number of hydrogen-bond acceptors (Lipinski definition) is 3. The van der Waals surface area contributed by atoms with E-state index in [1.54, 1.807) is 26.0 Å². The Morgan fingerprint density at radius 1 is 1.53 bits per heavy atom. The summed E-state index contributed by atoms with van der Waals surface area (Å²) in [6.45, 7) is 4.44. The van der Waals surface area contributed by atoms with Crippen LogP contribution in [0.4, 0.5) is 10.1 Å². The molecule has 19 heavy (non-hydrogen) atoms. The van der Waals surface area contributed by atoms with Crippen LogP contribution in [0, 0.1) is 11.7 Å². The summed E-state index contributed by atoms with van der Waals surface area (Å²) in [6, 6.07) is 4.75. The van der Waals surface area contributed by atoms with Gasteiger partial charge in [0.05, 0.1) is 12.5 Å². The molecule has 0 aliphatic carbocycles. The van der Waals surface area contributed by atoms with E-state index in [4.69, 9.17) is 9.84 Å². The van der Waals surface area contributed by atoms with Gasteiger partial charge >= 0.3 is 5.97 Å². The molecular formula is C14H20FNO3. The van der Waals surface area contributed by atoms with Gasteiger partial charge in [0.1, 0.15) is 0 Å². The number of anilines is 1. The fourth-order valence-corrected chi connectivity index (χ4v) is 1.64. The van der Waals surface area contributed by atoms with E-state index in [0.29, 0.717) is 25.3 Å². The maximum Gasteiger partial charge on any atom is 0.306 e. The number of carboxylic acids is 1. The van der Waals surface area contributed by atoms with Gasteiger partial charge in [-0.1, -0.05) is 6.92 Å². The molecule has 0 fully saturated rings. The molecule has 0 aliphatic heterocycles. The Morgan fingerprint density at radius 3 is 2.74 bits per heavy atom. The smallest absolute Gasteiger partial charge is 0.306 e. The molecule has 0 aromatic heterocycles. The van der Waals surface area contributed by atoms with Gasteiger partial charge in [-0.3, -0.25) is 4.79 Å². The monoisotopic (exact) mass is 269 g/mol. The van der Waals surface area contributed by atoms with E-state index in [0.717, 1.165) is 0 Å². The molecule has 1 aromatic carbocycles. The third-order valence-corrected chi connectivity index (χ3v) is 2.98. The maximum absolute atomic E-state index is 13.7. The summed E-state index contributed by atoms with van der Waals surface area (Å²) in [5.74, 6) is -1.39. The molecule has 1 atom stereocenters.